The fourth-order valence-corrected chi connectivity index (χ4v) is 6.42. The molecule has 1 saturated heterocycles. The van der Waals surface area contributed by atoms with Crippen molar-refractivity contribution >= 4 is 17.7 Å². The van der Waals surface area contributed by atoms with Crippen molar-refractivity contribution in [2.45, 2.75) is 45.0 Å². The number of carbonyl (C=O) groups excluding carboxylic acids is 2. The van der Waals surface area contributed by atoms with E-state index in [9.17, 15) is 19.7 Å². The Bertz CT molecular complexity index is 1410. The Morgan fingerprint density at radius 1 is 1.00 bits per heavy atom. The summed E-state index contributed by atoms with van der Waals surface area (Å²) in [6.07, 6.45) is -0.228. The van der Waals surface area contributed by atoms with Gasteiger partial charge in [0.15, 0.2) is 6.61 Å². The molecule has 0 aromatic heterocycles. The predicted molar refractivity (Wildman–Crippen MR) is 193 cm³/mol. The zero-order chi connectivity index (χ0) is 37.8. The summed E-state index contributed by atoms with van der Waals surface area (Å²) in [7, 11) is 3.40. The van der Waals surface area contributed by atoms with Gasteiger partial charge in [-0.15, -0.1) is 10.1 Å². The number of anilines is 1. The van der Waals surface area contributed by atoms with Crippen LogP contribution in [0.1, 0.15) is 42.4 Å². The number of benzene rings is 2. The quantitative estimate of drug-likeness (QED) is 0.0731. The number of carbonyl (C=O) groups is 2. The summed E-state index contributed by atoms with van der Waals surface area (Å²) in [6, 6.07) is 14.5. The van der Waals surface area contributed by atoms with Crippen LogP contribution >= 0.6 is 0 Å². The molecule has 2 aromatic carbocycles. The Labute approximate surface area is 310 Å². The third kappa shape index (κ3) is 14.3. The third-order valence-corrected chi connectivity index (χ3v) is 8.96. The first kappa shape index (κ1) is 41.5. The highest BCUT2D eigenvalue weighted by atomic mass is 16.9. The Morgan fingerprint density at radius 2 is 1.81 bits per heavy atom. The maximum absolute atomic E-state index is 12.7. The number of hydrogen-bond donors (Lipinski definition) is 2. The number of methoxy groups -OCH3 is 2. The summed E-state index contributed by atoms with van der Waals surface area (Å²) in [5, 5.41) is 15.7. The molecule has 2 aliphatic rings. The first-order chi connectivity index (χ1) is 25.8. The monoisotopic (exact) mass is 746 g/mol. The van der Waals surface area contributed by atoms with Gasteiger partial charge in [-0.3, -0.25) is 4.79 Å². The molecule has 16 heteroatoms. The van der Waals surface area contributed by atoms with E-state index in [0.717, 1.165) is 47.6 Å². The molecule has 0 unspecified atom stereocenters. The average molecular weight is 747 g/mol. The Morgan fingerprint density at radius 3 is 2.58 bits per heavy atom. The van der Waals surface area contributed by atoms with Gasteiger partial charge in [-0.1, -0.05) is 37.3 Å². The van der Waals surface area contributed by atoms with Crippen molar-refractivity contribution in [1.82, 2.24) is 10.6 Å². The van der Waals surface area contributed by atoms with Crippen LogP contribution in [0.15, 0.2) is 42.5 Å². The van der Waals surface area contributed by atoms with E-state index in [-0.39, 0.29) is 37.6 Å². The van der Waals surface area contributed by atoms with Crippen molar-refractivity contribution in [3.63, 3.8) is 0 Å². The van der Waals surface area contributed by atoms with E-state index in [1.165, 1.54) is 0 Å². The lowest BCUT2D eigenvalue weighted by atomic mass is 9.79. The Balaban J connectivity index is 1.39. The van der Waals surface area contributed by atoms with Crippen LogP contribution in [0.4, 0.5) is 10.5 Å². The molecule has 0 spiro atoms. The largest absolute Gasteiger partial charge is 0.508 e. The van der Waals surface area contributed by atoms with Crippen LogP contribution < -0.4 is 20.3 Å². The maximum Gasteiger partial charge on any atom is 0.508 e. The Hall–Kier alpha value is -4.22. The zero-order valence-corrected chi connectivity index (χ0v) is 31.0. The van der Waals surface area contributed by atoms with Crippen LogP contribution in [0.5, 0.6) is 5.75 Å². The molecule has 0 bridgehead atoms. The van der Waals surface area contributed by atoms with E-state index in [0.29, 0.717) is 65.2 Å². The molecule has 53 heavy (non-hydrogen) atoms. The average Bonchev–Trinajstić information content (AvgIpc) is 3.15. The number of piperidine rings is 1. The lowest BCUT2D eigenvalue weighted by Crippen LogP contribution is -2.50. The number of ether oxygens (including phenoxy) is 7. The van der Waals surface area contributed by atoms with Crippen LogP contribution in [0.3, 0.4) is 0 Å². The summed E-state index contributed by atoms with van der Waals surface area (Å²) >= 11 is 0. The molecule has 2 aliphatic heterocycles. The topological polar surface area (TPSA) is 178 Å². The molecular weight excluding hydrogens is 692 g/mol. The third-order valence-electron chi connectivity index (χ3n) is 8.96. The lowest BCUT2D eigenvalue weighted by Gasteiger charge is -2.39. The first-order valence-electron chi connectivity index (χ1n) is 18.1. The molecule has 2 aromatic rings. The number of nitrogens with zero attached hydrogens (tertiary/aromatic N) is 2. The lowest BCUT2D eigenvalue weighted by molar-refractivity contribution is -0.757. The maximum atomic E-state index is 12.7. The van der Waals surface area contributed by atoms with Crippen molar-refractivity contribution in [1.29, 1.82) is 0 Å². The van der Waals surface area contributed by atoms with Crippen LogP contribution in [0.25, 0.3) is 0 Å². The smallest absolute Gasteiger partial charge is 0.490 e. The van der Waals surface area contributed by atoms with E-state index in [2.05, 4.69) is 57.6 Å². The molecule has 4 rings (SSSR count). The van der Waals surface area contributed by atoms with E-state index in [1.807, 2.05) is 12.1 Å². The molecule has 0 aliphatic carbocycles. The second-order valence-electron chi connectivity index (χ2n) is 13.2. The number of hydrogen-bond acceptors (Lipinski definition) is 14. The minimum Gasteiger partial charge on any atom is -0.490 e. The van der Waals surface area contributed by atoms with Gasteiger partial charge in [-0.2, -0.15) is 0 Å². The number of fused-ring (bicyclic) bond motifs is 1. The molecule has 16 nitrogen and oxygen atoms in total. The van der Waals surface area contributed by atoms with Gasteiger partial charge in [0.2, 0.25) is 0 Å². The molecule has 4 atom stereocenters. The van der Waals surface area contributed by atoms with E-state index in [4.69, 9.17) is 33.2 Å². The highest BCUT2D eigenvalue weighted by molar-refractivity contribution is 5.79. The van der Waals surface area contributed by atoms with Gasteiger partial charge >= 0.3 is 6.16 Å². The normalized spacial score (nSPS) is 18.7. The van der Waals surface area contributed by atoms with Gasteiger partial charge in [0.1, 0.15) is 12.4 Å². The second-order valence-corrected chi connectivity index (χ2v) is 13.2. The fraction of sp³-hybridized carbons (Fsp3) is 0.622. The molecule has 0 radical (unpaired) electrons. The van der Waals surface area contributed by atoms with Gasteiger partial charge in [-0.05, 0) is 41.2 Å². The Kier molecular flexibility index (Phi) is 17.8. The number of nitrogens with one attached hydrogen (secondary N) is 2. The van der Waals surface area contributed by atoms with Crippen molar-refractivity contribution < 1.29 is 52.7 Å². The van der Waals surface area contributed by atoms with Gasteiger partial charge < -0.3 is 53.5 Å². The summed E-state index contributed by atoms with van der Waals surface area (Å²) in [5.74, 6) is 0.565. The van der Waals surface area contributed by atoms with E-state index in [1.54, 1.807) is 14.2 Å². The van der Waals surface area contributed by atoms with Gasteiger partial charge in [0.05, 0.1) is 58.0 Å². The van der Waals surface area contributed by atoms with E-state index < -0.39 is 23.8 Å². The van der Waals surface area contributed by atoms with Crippen LogP contribution in [0.2, 0.25) is 0 Å². The molecule has 294 valence electrons. The standard InChI is InChI=1S/C37H54N4O12/c1-27(22-47-3)23-48-24-28-6-9-30(10-7-28)36-31(20-39-35(42)26-52-37(43)50-15-5-16-53-41(44)45)19-38-21-34(36)51-25-29-8-11-33-32(18-29)40(13-17-49-33)12-4-14-46-2/h6-11,18,27,31,34,36,38H,4-5,12-17,19-26H2,1-3H3,(H,39,42)/t27-,31-,34-,36-/m0/s1. The summed E-state index contributed by atoms with van der Waals surface area (Å²) in [5.41, 5.74) is 4.22. The molecule has 1 amide bonds. The van der Waals surface area contributed by atoms with Crippen molar-refractivity contribution in [3.05, 3.63) is 69.3 Å². The van der Waals surface area contributed by atoms with Crippen LogP contribution in [-0.2, 0) is 51.3 Å². The molecule has 2 heterocycles. The van der Waals surface area contributed by atoms with Gasteiger partial charge in [0.25, 0.3) is 11.0 Å². The van der Waals surface area contributed by atoms with Crippen molar-refractivity contribution in [3.8, 4) is 5.75 Å². The summed E-state index contributed by atoms with van der Waals surface area (Å²) in [4.78, 5) is 41.3. The molecule has 2 N–H and O–H groups in total. The highest BCUT2D eigenvalue weighted by Crippen LogP contribution is 2.35. The van der Waals surface area contributed by atoms with Crippen molar-refractivity contribution in [2.24, 2.45) is 11.8 Å². The highest BCUT2D eigenvalue weighted by Gasteiger charge is 2.35. The SMILES string of the molecule is COCCCN1CCOc2ccc(CO[C@H]3CNC[C@@H](CNC(=O)COC(=O)OCCCO[N+](=O)[O-])[C@@H]3c3ccc(COC[C@@H](C)COC)cc3)cc21. The minimum atomic E-state index is -1.05. The summed E-state index contributed by atoms with van der Waals surface area (Å²) < 4.78 is 38.7. The van der Waals surface area contributed by atoms with Crippen molar-refractivity contribution in [2.75, 3.05) is 98.1 Å². The van der Waals surface area contributed by atoms with Crippen LogP contribution in [0, 0.1) is 22.0 Å². The first-order valence-corrected chi connectivity index (χ1v) is 18.1. The number of amides is 1. The molecule has 0 saturated carbocycles. The number of rotatable bonds is 23. The van der Waals surface area contributed by atoms with E-state index >= 15 is 0 Å². The summed E-state index contributed by atoms with van der Waals surface area (Å²) in [6.45, 7) is 7.88. The minimum absolute atomic E-state index is 0.0450. The second kappa shape index (κ2) is 22.8. The van der Waals surface area contributed by atoms with Gasteiger partial charge in [-0.25, -0.2) is 4.79 Å². The van der Waals surface area contributed by atoms with Gasteiger partial charge in [0, 0.05) is 65.3 Å². The molecular formula is C37H54N4O12. The molecule has 1 fully saturated rings. The predicted octanol–water partition coefficient (Wildman–Crippen LogP) is 3.48. The van der Waals surface area contributed by atoms with Crippen LogP contribution in [-0.4, -0.2) is 116 Å². The zero-order valence-electron chi connectivity index (χ0n) is 31.0. The fourth-order valence-electron chi connectivity index (χ4n) is 6.42.